The highest BCUT2D eigenvalue weighted by Crippen LogP contribution is 2.34. The van der Waals surface area contributed by atoms with E-state index in [0.29, 0.717) is 23.8 Å². The molecule has 0 aromatic carbocycles. The first-order chi connectivity index (χ1) is 11.8. The molecule has 2 atom stereocenters. The van der Waals surface area contributed by atoms with Crippen LogP contribution in [0, 0.1) is 5.92 Å². The molecule has 1 N–H and O–H groups in total. The Morgan fingerprint density at radius 2 is 1.56 bits per heavy atom. The molecule has 0 aromatic rings. The second kappa shape index (κ2) is 9.68. The lowest BCUT2D eigenvalue weighted by Crippen LogP contribution is -2.58. The molecule has 2 rings (SSSR count). The van der Waals surface area contributed by atoms with Crippen LogP contribution in [0.15, 0.2) is 0 Å². The molecular weight excluding hydrogens is 310 g/mol. The third-order valence-electron chi connectivity index (χ3n) is 6.58. The molecule has 0 aliphatic carbocycles. The van der Waals surface area contributed by atoms with Gasteiger partial charge in [-0.1, -0.05) is 0 Å². The van der Waals surface area contributed by atoms with Crippen molar-refractivity contribution in [2.24, 2.45) is 5.92 Å². The highest BCUT2D eigenvalue weighted by atomic mass is 16.5. The van der Waals surface area contributed by atoms with Gasteiger partial charge < -0.3 is 15.0 Å². The molecule has 0 radical (unpaired) electrons. The van der Waals surface area contributed by atoms with E-state index in [9.17, 15) is 0 Å². The van der Waals surface area contributed by atoms with Crippen molar-refractivity contribution in [3.8, 4) is 0 Å². The van der Waals surface area contributed by atoms with Gasteiger partial charge in [0.05, 0.1) is 12.2 Å². The van der Waals surface area contributed by atoms with Gasteiger partial charge in [0.15, 0.2) is 0 Å². The fourth-order valence-corrected chi connectivity index (χ4v) is 4.74. The second-order valence-corrected chi connectivity index (χ2v) is 9.12. The third-order valence-corrected chi connectivity index (χ3v) is 6.58. The zero-order valence-corrected chi connectivity index (χ0v) is 17.7. The number of nitrogens with one attached hydrogen (secondary N) is 1. The van der Waals surface area contributed by atoms with Gasteiger partial charge in [0.1, 0.15) is 0 Å². The maximum atomic E-state index is 5.89. The van der Waals surface area contributed by atoms with E-state index in [2.05, 4.69) is 56.7 Å². The minimum Gasteiger partial charge on any atom is -0.376 e. The number of hydrogen-bond acceptors (Lipinski definition) is 4. The van der Waals surface area contributed by atoms with Crippen LogP contribution in [0.4, 0.5) is 0 Å². The van der Waals surface area contributed by atoms with Crippen molar-refractivity contribution in [2.45, 2.75) is 91.0 Å². The predicted molar refractivity (Wildman–Crippen MR) is 107 cm³/mol. The lowest BCUT2D eigenvalue weighted by atomic mass is 9.78. The van der Waals surface area contributed by atoms with E-state index in [1.165, 1.54) is 51.9 Å². The minimum atomic E-state index is 0.341. The molecule has 0 spiro atoms. The second-order valence-electron chi connectivity index (χ2n) is 9.12. The van der Waals surface area contributed by atoms with Crippen molar-refractivity contribution in [2.75, 3.05) is 39.3 Å². The number of likely N-dealkylation sites (tertiary alicyclic amines) is 1. The lowest BCUT2D eigenvalue weighted by Gasteiger charge is -2.49. The molecule has 2 heterocycles. The number of piperazine rings is 1. The molecule has 0 amide bonds. The molecule has 2 aliphatic heterocycles. The van der Waals surface area contributed by atoms with E-state index in [4.69, 9.17) is 4.74 Å². The molecule has 2 fully saturated rings. The van der Waals surface area contributed by atoms with Crippen molar-refractivity contribution < 1.29 is 4.74 Å². The van der Waals surface area contributed by atoms with Crippen LogP contribution >= 0.6 is 0 Å². The van der Waals surface area contributed by atoms with Crippen molar-refractivity contribution in [3.63, 3.8) is 0 Å². The largest absolute Gasteiger partial charge is 0.376 e. The first kappa shape index (κ1) is 21.1. The van der Waals surface area contributed by atoms with E-state index in [1.807, 2.05) is 0 Å². The molecule has 2 aliphatic rings. The van der Waals surface area contributed by atoms with Crippen molar-refractivity contribution >= 4 is 0 Å². The van der Waals surface area contributed by atoms with Crippen LogP contribution in [0.3, 0.4) is 0 Å². The highest BCUT2D eigenvalue weighted by Gasteiger charge is 2.38. The summed E-state index contributed by atoms with van der Waals surface area (Å²) in [5.74, 6) is 0.831. The minimum absolute atomic E-state index is 0.341. The lowest BCUT2D eigenvalue weighted by molar-refractivity contribution is -0.000611. The topological polar surface area (TPSA) is 27.7 Å². The third kappa shape index (κ3) is 6.20. The summed E-state index contributed by atoms with van der Waals surface area (Å²) in [7, 11) is 0. The van der Waals surface area contributed by atoms with Crippen molar-refractivity contribution in [1.29, 1.82) is 0 Å². The number of rotatable bonds is 8. The summed E-state index contributed by atoms with van der Waals surface area (Å²) in [6.07, 6.45) is 5.84. The summed E-state index contributed by atoms with van der Waals surface area (Å²) in [6, 6.07) is 0.682. The molecule has 148 valence electrons. The van der Waals surface area contributed by atoms with Crippen LogP contribution in [0.1, 0.15) is 67.2 Å². The van der Waals surface area contributed by atoms with Gasteiger partial charge in [-0.25, -0.2) is 0 Å². The van der Waals surface area contributed by atoms with Crippen LogP contribution < -0.4 is 5.32 Å². The van der Waals surface area contributed by atoms with Crippen LogP contribution in [0.5, 0.6) is 0 Å². The monoisotopic (exact) mass is 353 g/mol. The average molecular weight is 354 g/mol. The summed E-state index contributed by atoms with van der Waals surface area (Å²) >= 11 is 0. The summed E-state index contributed by atoms with van der Waals surface area (Å²) in [4.78, 5) is 5.44. The highest BCUT2D eigenvalue weighted by molar-refractivity contribution is 4.93. The number of ether oxygens (including phenoxy) is 1. The molecule has 25 heavy (non-hydrogen) atoms. The number of piperidine rings is 1. The van der Waals surface area contributed by atoms with Crippen LogP contribution in [0.2, 0.25) is 0 Å². The molecule has 0 saturated carbocycles. The molecule has 4 heteroatoms. The smallest absolute Gasteiger partial charge is 0.0551 e. The molecule has 0 aromatic heterocycles. The molecular formula is C21H43N3O. The average Bonchev–Trinajstić information content (AvgIpc) is 2.60. The molecule has 2 unspecified atom stereocenters. The number of hydrogen-bond donors (Lipinski definition) is 1. The van der Waals surface area contributed by atoms with Crippen molar-refractivity contribution in [3.05, 3.63) is 0 Å². The summed E-state index contributed by atoms with van der Waals surface area (Å²) in [5, 5.41) is 3.49. The van der Waals surface area contributed by atoms with Gasteiger partial charge in [-0.3, -0.25) is 4.90 Å². The standard InChI is InChI=1S/C21H43N3O/c1-17(2)25-19(4)8-7-18(3)23-13-9-20(10-14-23)21(5,6)24-15-11-22-12-16-24/h17-20,22H,7-16H2,1-6H3. The van der Waals surface area contributed by atoms with Gasteiger partial charge in [-0.2, -0.15) is 0 Å². The Morgan fingerprint density at radius 1 is 0.960 bits per heavy atom. The van der Waals surface area contributed by atoms with Crippen LogP contribution in [0.25, 0.3) is 0 Å². The molecule has 0 bridgehead atoms. The summed E-state index contributed by atoms with van der Waals surface area (Å²) in [6.45, 7) is 21.1. The Morgan fingerprint density at radius 3 is 2.12 bits per heavy atom. The molecule has 4 nitrogen and oxygen atoms in total. The Balaban J connectivity index is 1.74. The first-order valence-electron chi connectivity index (χ1n) is 10.7. The zero-order chi connectivity index (χ0) is 18.4. The van der Waals surface area contributed by atoms with Gasteiger partial charge in [-0.05, 0) is 86.2 Å². The van der Waals surface area contributed by atoms with Gasteiger partial charge in [0, 0.05) is 37.8 Å². The van der Waals surface area contributed by atoms with Gasteiger partial charge >= 0.3 is 0 Å². The maximum absolute atomic E-state index is 5.89. The van der Waals surface area contributed by atoms with Gasteiger partial charge in [0.25, 0.3) is 0 Å². The van der Waals surface area contributed by atoms with Crippen LogP contribution in [-0.4, -0.2) is 72.9 Å². The van der Waals surface area contributed by atoms with Gasteiger partial charge in [-0.15, -0.1) is 0 Å². The van der Waals surface area contributed by atoms with E-state index >= 15 is 0 Å². The van der Waals surface area contributed by atoms with E-state index in [-0.39, 0.29) is 0 Å². The zero-order valence-electron chi connectivity index (χ0n) is 17.7. The van der Waals surface area contributed by atoms with E-state index in [0.717, 1.165) is 19.0 Å². The fourth-order valence-electron chi connectivity index (χ4n) is 4.74. The maximum Gasteiger partial charge on any atom is 0.0551 e. The first-order valence-corrected chi connectivity index (χ1v) is 10.7. The van der Waals surface area contributed by atoms with Gasteiger partial charge in [0.2, 0.25) is 0 Å². The van der Waals surface area contributed by atoms with E-state index < -0.39 is 0 Å². The Hall–Kier alpha value is -0.160. The Bertz CT molecular complexity index is 371. The molecule has 2 saturated heterocycles. The number of nitrogens with zero attached hydrogens (tertiary/aromatic N) is 2. The normalized spacial score (nSPS) is 24.6. The Kier molecular flexibility index (Phi) is 8.19. The fraction of sp³-hybridized carbons (Fsp3) is 1.00. The van der Waals surface area contributed by atoms with E-state index in [1.54, 1.807) is 0 Å². The predicted octanol–water partition coefficient (Wildman–Crippen LogP) is 3.36. The quantitative estimate of drug-likeness (QED) is 0.724. The Labute approximate surface area is 156 Å². The van der Waals surface area contributed by atoms with Crippen molar-refractivity contribution in [1.82, 2.24) is 15.1 Å². The SMILES string of the molecule is CC(C)OC(C)CCC(C)N1CCC(C(C)(C)N2CCNCC2)CC1. The van der Waals surface area contributed by atoms with Crippen LogP contribution in [-0.2, 0) is 4.74 Å². The summed E-state index contributed by atoms with van der Waals surface area (Å²) in [5.41, 5.74) is 0.344. The summed E-state index contributed by atoms with van der Waals surface area (Å²) < 4.78 is 5.89.